The molecule has 64 valence electrons. The van der Waals surface area contributed by atoms with E-state index in [0.717, 1.165) is 6.54 Å². The van der Waals surface area contributed by atoms with Crippen LogP contribution in [-0.2, 0) is 0 Å². The molecule has 0 saturated carbocycles. The van der Waals surface area contributed by atoms with E-state index in [0.29, 0.717) is 5.92 Å². The maximum absolute atomic E-state index is 5.09. The highest BCUT2D eigenvalue weighted by molar-refractivity contribution is 5.50. The fourth-order valence-electron chi connectivity index (χ4n) is 0.905. The summed E-state index contributed by atoms with van der Waals surface area (Å²) in [6.45, 7) is 5.26. The summed E-state index contributed by atoms with van der Waals surface area (Å²) >= 11 is 0. The molecule has 2 N–H and O–H groups in total. The Balaban J connectivity index is 3.36. The predicted octanol–water partition coefficient (Wildman–Crippen LogP) is 1.95. The molecule has 2 heteroatoms. The third-order valence-electron chi connectivity index (χ3n) is 1.62. The molecule has 0 aliphatic rings. The van der Waals surface area contributed by atoms with Crippen molar-refractivity contribution < 1.29 is 0 Å². The van der Waals surface area contributed by atoms with E-state index in [1.54, 1.807) is 0 Å². The van der Waals surface area contributed by atoms with Crippen molar-refractivity contribution in [1.29, 1.82) is 0 Å². The van der Waals surface area contributed by atoms with Gasteiger partial charge in [0.05, 0.1) is 12.7 Å². The Morgan fingerprint density at radius 3 is 2.91 bits per heavy atom. The van der Waals surface area contributed by atoms with Crippen molar-refractivity contribution >= 4 is 5.87 Å². The number of hydrogen-bond donors (Lipinski definition) is 1. The maximum atomic E-state index is 5.09. The highest BCUT2D eigenvalue weighted by atomic mass is 14.7. The first-order valence-electron chi connectivity index (χ1n) is 4.26. The third-order valence-corrected chi connectivity index (χ3v) is 1.62. The number of unbranched alkanes of at least 4 members (excludes halogenated alkanes) is 1. The van der Waals surface area contributed by atoms with Crippen molar-refractivity contribution in [3.8, 4) is 0 Å². The molecule has 11 heavy (non-hydrogen) atoms. The zero-order valence-electron chi connectivity index (χ0n) is 7.51. The summed E-state index contributed by atoms with van der Waals surface area (Å²) in [5, 5.41) is 0. The van der Waals surface area contributed by atoms with Gasteiger partial charge in [-0.25, -0.2) is 4.99 Å². The summed E-state index contributed by atoms with van der Waals surface area (Å²) in [5.41, 5.74) is 5.09. The molecule has 0 aromatic heterocycles. The molecule has 0 saturated heterocycles. The molecule has 0 fully saturated rings. The van der Waals surface area contributed by atoms with E-state index in [-0.39, 0.29) is 0 Å². The van der Waals surface area contributed by atoms with Crippen LogP contribution < -0.4 is 5.73 Å². The molecule has 0 unspecified atom stereocenters. The lowest BCUT2D eigenvalue weighted by atomic mass is 10.1. The van der Waals surface area contributed by atoms with E-state index in [1.165, 1.54) is 25.5 Å². The molecule has 0 aromatic carbocycles. The van der Waals surface area contributed by atoms with Gasteiger partial charge in [-0.2, -0.15) is 0 Å². The van der Waals surface area contributed by atoms with Crippen LogP contribution in [0, 0.1) is 5.92 Å². The molecule has 0 rings (SSSR count). The smallest absolute Gasteiger partial charge is 0.0565 e. The molecule has 0 aliphatic heterocycles. The lowest BCUT2D eigenvalue weighted by Gasteiger charge is -2.04. The van der Waals surface area contributed by atoms with Gasteiger partial charge in [0, 0.05) is 0 Å². The Bertz CT molecular complexity index is 134. The van der Waals surface area contributed by atoms with Crippen molar-refractivity contribution in [3.05, 3.63) is 6.20 Å². The van der Waals surface area contributed by atoms with Gasteiger partial charge in [0.15, 0.2) is 0 Å². The molecule has 0 amide bonds. The Morgan fingerprint density at radius 2 is 2.36 bits per heavy atom. The highest BCUT2D eigenvalue weighted by Crippen LogP contribution is 2.06. The van der Waals surface area contributed by atoms with Crippen LogP contribution in [0.25, 0.3) is 0 Å². The van der Waals surface area contributed by atoms with Gasteiger partial charge in [-0.05, 0) is 18.2 Å². The first-order chi connectivity index (χ1) is 5.31. The van der Waals surface area contributed by atoms with Gasteiger partial charge < -0.3 is 5.73 Å². The first kappa shape index (κ1) is 10.2. The number of nitrogens with two attached hydrogens (primary N) is 1. The minimum Gasteiger partial charge on any atom is -0.397 e. The normalized spacial score (nSPS) is 11.8. The van der Waals surface area contributed by atoms with Crippen LogP contribution in [0.5, 0.6) is 0 Å². The number of rotatable bonds is 5. The quantitative estimate of drug-likeness (QED) is 0.604. The number of hydrogen-bond acceptors (Lipinski definition) is 2. The minimum absolute atomic E-state index is 0.669. The van der Waals surface area contributed by atoms with Crippen molar-refractivity contribution in [1.82, 2.24) is 0 Å². The Morgan fingerprint density at radius 1 is 1.64 bits per heavy atom. The van der Waals surface area contributed by atoms with Gasteiger partial charge >= 0.3 is 0 Å². The number of nitrogens with zero attached hydrogens (tertiary/aromatic N) is 1. The van der Waals surface area contributed by atoms with Gasteiger partial charge in [0.25, 0.3) is 0 Å². The third kappa shape index (κ3) is 7.14. The second-order valence-corrected chi connectivity index (χ2v) is 2.88. The topological polar surface area (TPSA) is 38.4 Å². The SMILES string of the molecule is CCCC[C@@H](C)CN=C=CN. The number of aliphatic imine (C=N–C) groups is 1. The molecule has 0 aromatic rings. The van der Waals surface area contributed by atoms with Crippen LogP contribution in [0.1, 0.15) is 33.1 Å². The van der Waals surface area contributed by atoms with E-state index >= 15 is 0 Å². The van der Waals surface area contributed by atoms with E-state index in [4.69, 9.17) is 5.73 Å². The maximum Gasteiger partial charge on any atom is 0.0565 e. The molecular formula is C9H18N2. The first-order valence-corrected chi connectivity index (χ1v) is 4.26. The average molecular weight is 154 g/mol. The van der Waals surface area contributed by atoms with Crippen LogP contribution in [0.4, 0.5) is 0 Å². The van der Waals surface area contributed by atoms with Gasteiger partial charge in [-0.1, -0.05) is 26.7 Å². The van der Waals surface area contributed by atoms with Gasteiger partial charge in [-0.3, -0.25) is 0 Å². The highest BCUT2D eigenvalue weighted by Gasteiger charge is 1.97. The van der Waals surface area contributed by atoms with E-state index in [2.05, 4.69) is 24.7 Å². The van der Waals surface area contributed by atoms with Crippen LogP contribution in [0.3, 0.4) is 0 Å². The fraction of sp³-hybridized carbons (Fsp3) is 0.778. The summed E-state index contributed by atoms with van der Waals surface area (Å²) in [6.07, 6.45) is 5.17. The van der Waals surface area contributed by atoms with Crippen LogP contribution >= 0.6 is 0 Å². The second-order valence-electron chi connectivity index (χ2n) is 2.88. The summed E-state index contributed by atoms with van der Waals surface area (Å²) in [7, 11) is 0. The second kappa shape index (κ2) is 7.36. The van der Waals surface area contributed by atoms with E-state index in [9.17, 15) is 0 Å². The average Bonchev–Trinajstić information content (AvgIpc) is 2.01. The lowest BCUT2D eigenvalue weighted by Crippen LogP contribution is -1.98. The van der Waals surface area contributed by atoms with Crippen LogP contribution in [-0.4, -0.2) is 12.4 Å². The van der Waals surface area contributed by atoms with Crippen LogP contribution in [0.15, 0.2) is 11.2 Å². The predicted molar refractivity (Wildman–Crippen MR) is 49.7 cm³/mol. The van der Waals surface area contributed by atoms with Crippen molar-refractivity contribution in [2.75, 3.05) is 6.54 Å². The summed E-state index contributed by atoms with van der Waals surface area (Å²) in [4.78, 5) is 4.01. The fourth-order valence-corrected chi connectivity index (χ4v) is 0.905. The van der Waals surface area contributed by atoms with Gasteiger partial charge in [-0.15, -0.1) is 0 Å². The molecule has 0 aliphatic carbocycles. The minimum atomic E-state index is 0.669. The molecular weight excluding hydrogens is 136 g/mol. The van der Waals surface area contributed by atoms with E-state index < -0.39 is 0 Å². The van der Waals surface area contributed by atoms with Gasteiger partial charge in [0.1, 0.15) is 0 Å². The molecule has 0 radical (unpaired) electrons. The van der Waals surface area contributed by atoms with Crippen molar-refractivity contribution in [2.24, 2.45) is 16.6 Å². The Hall–Kier alpha value is -0.750. The molecule has 0 spiro atoms. The lowest BCUT2D eigenvalue weighted by molar-refractivity contribution is 0.518. The Labute approximate surface area is 69.2 Å². The summed E-state index contributed by atoms with van der Waals surface area (Å²) < 4.78 is 0. The van der Waals surface area contributed by atoms with Crippen LogP contribution in [0.2, 0.25) is 0 Å². The molecule has 0 heterocycles. The zero-order valence-corrected chi connectivity index (χ0v) is 7.51. The largest absolute Gasteiger partial charge is 0.397 e. The standard InChI is InChI=1S/C9H18N2/c1-3-4-5-9(2)8-11-7-6-10/h6,9H,3-5,8,10H2,1-2H3/t9-/m1/s1. The van der Waals surface area contributed by atoms with Gasteiger partial charge in [0.2, 0.25) is 0 Å². The summed E-state index contributed by atoms with van der Waals surface area (Å²) in [5.74, 6) is 3.30. The molecule has 0 bridgehead atoms. The zero-order chi connectivity index (χ0) is 8.53. The van der Waals surface area contributed by atoms with Crippen molar-refractivity contribution in [3.63, 3.8) is 0 Å². The summed E-state index contributed by atoms with van der Waals surface area (Å²) in [6, 6.07) is 0. The Kier molecular flexibility index (Phi) is 6.86. The molecule has 2 nitrogen and oxygen atoms in total. The monoisotopic (exact) mass is 154 g/mol. The molecule has 1 atom stereocenters. The van der Waals surface area contributed by atoms with E-state index in [1.807, 2.05) is 0 Å². The van der Waals surface area contributed by atoms with Crippen molar-refractivity contribution in [2.45, 2.75) is 33.1 Å².